The molecular formula is C20H31N3O3. The van der Waals surface area contributed by atoms with Crippen LogP contribution in [0.15, 0.2) is 30.3 Å². The number of amides is 2. The predicted molar refractivity (Wildman–Crippen MR) is 103 cm³/mol. The van der Waals surface area contributed by atoms with Crippen LogP contribution in [0.4, 0.5) is 5.69 Å². The first-order valence-electron chi connectivity index (χ1n) is 9.57. The highest BCUT2D eigenvalue weighted by molar-refractivity contribution is 5.92. The molecule has 1 aromatic rings. The average molecular weight is 361 g/mol. The highest BCUT2D eigenvalue weighted by Gasteiger charge is 2.24. The van der Waals surface area contributed by atoms with Gasteiger partial charge in [0.25, 0.3) is 0 Å². The summed E-state index contributed by atoms with van der Waals surface area (Å²) in [5.41, 5.74) is 0.816. The van der Waals surface area contributed by atoms with Gasteiger partial charge in [-0.05, 0) is 38.3 Å². The Kier molecular flexibility index (Phi) is 8.58. The Morgan fingerprint density at radius 1 is 1.23 bits per heavy atom. The first-order valence-corrected chi connectivity index (χ1v) is 9.57. The second-order valence-corrected chi connectivity index (χ2v) is 6.84. The van der Waals surface area contributed by atoms with Crippen molar-refractivity contribution in [1.29, 1.82) is 0 Å². The van der Waals surface area contributed by atoms with E-state index in [1.54, 1.807) is 6.92 Å². The van der Waals surface area contributed by atoms with Crippen molar-refractivity contribution in [1.82, 2.24) is 10.2 Å². The molecule has 0 radical (unpaired) electrons. The molecule has 0 aromatic heterocycles. The van der Waals surface area contributed by atoms with Gasteiger partial charge >= 0.3 is 0 Å². The Morgan fingerprint density at radius 3 is 2.58 bits per heavy atom. The van der Waals surface area contributed by atoms with Crippen molar-refractivity contribution >= 4 is 17.5 Å². The number of anilines is 1. The largest absolute Gasteiger partial charge is 0.369 e. The molecule has 1 atom stereocenters. The summed E-state index contributed by atoms with van der Waals surface area (Å²) in [5.74, 6) is -0.0435. The molecule has 0 aliphatic carbocycles. The van der Waals surface area contributed by atoms with Crippen molar-refractivity contribution in [2.75, 3.05) is 31.6 Å². The van der Waals surface area contributed by atoms with Crippen LogP contribution in [0.1, 0.15) is 39.5 Å². The second-order valence-electron chi connectivity index (χ2n) is 6.84. The van der Waals surface area contributed by atoms with Crippen LogP contribution in [0, 0.1) is 0 Å². The van der Waals surface area contributed by atoms with Gasteiger partial charge in [0.05, 0.1) is 6.54 Å². The van der Waals surface area contributed by atoms with E-state index < -0.39 is 6.10 Å². The van der Waals surface area contributed by atoms with E-state index in [2.05, 4.69) is 22.5 Å². The summed E-state index contributed by atoms with van der Waals surface area (Å²) in [5, 5.41) is 5.97. The number of hydrogen-bond donors (Lipinski definition) is 2. The fourth-order valence-corrected chi connectivity index (χ4v) is 2.96. The summed E-state index contributed by atoms with van der Waals surface area (Å²) < 4.78 is 5.54. The van der Waals surface area contributed by atoms with E-state index in [1.165, 1.54) is 0 Å². The molecule has 6 nitrogen and oxygen atoms in total. The molecule has 2 amide bonds. The number of hydrogen-bond acceptors (Lipinski definition) is 4. The third kappa shape index (κ3) is 7.14. The van der Waals surface area contributed by atoms with Crippen LogP contribution in [0.2, 0.25) is 0 Å². The van der Waals surface area contributed by atoms with Crippen LogP contribution in [-0.4, -0.2) is 55.1 Å². The zero-order valence-electron chi connectivity index (χ0n) is 15.9. The van der Waals surface area contributed by atoms with Gasteiger partial charge in [-0.25, -0.2) is 0 Å². The highest BCUT2D eigenvalue weighted by atomic mass is 16.5. The fraction of sp³-hybridized carbons (Fsp3) is 0.600. The maximum atomic E-state index is 12.2. The van der Waals surface area contributed by atoms with E-state index >= 15 is 0 Å². The van der Waals surface area contributed by atoms with Crippen molar-refractivity contribution in [2.24, 2.45) is 0 Å². The van der Waals surface area contributed by atoms with Crippen molar-refractivity contribution in [2.45, 2.75) is 51.7 Å². The van der Waals surface area contributed by atoms with Crippen LogP contribution in [0.3, 0.4) is 0 Å². The van der Waals surface area contributed by atoms with E-state index in [0.29, 0.717) is 13.2 Å². The van der Waals surface area contributed by atoms with Gasteiger partial charge in [-0.3, -0.25) is 14.5 Å². The molecule has 2 rings (SSSR count). The number of rotatable bonds is 9. The number of nitrogens with one attached hydrogen (secondary N) is 2. The topological polar surface area (TPSA) is 70.7 Å². The van der Waals surface area contributed by atoms with E-state index in [0.717, 1.165) is 44.5 Å². The normalized spacial score (nSPS) is 16.8. The van der Waals surface area contributed by atoms with Gasteiger partial charge in [0.2, 0.25) is 11.8 Å². The molecule has 26 heavy (non-hydrogen) atoms. The molecule has 144 valence electrons. The minimum atomic E-state index is -0.406. The van der Waals surface area contributed by atoms with Crippen molar-refractivity contribution in [3.05, 3.63) is 30.3 Å². The molecule has 1 aromatic carbocycles. The molecule has 1 fully saturated rings. The van der Waals surface area contributed by atoms with Crippen molar-refractivity contribution < 1.29 is 14.3 Å². The number of ether oxygens (including phenoxy) is 1. The molecular weight excluding hydrogens is 330 g/mol. The Labute approximate surface area is 156 Å². The molecule has 0 bridgehead atoms. The molecule has 1 aliphatic heterocycles. The summed E-state index contributed by atoms with van der Waals surface area (Å²) in [4.78, 5) is 26.4. The Balaban J connectivity index is 1.65. The molecule has 0 spiro atoms. The van der Waals surface area contributed by atoms with Gasteiger partial charge in [-0.15, -0.1) is 0 Å². The number of carbonyl (C=O) groups is 2. The number of piperidine rings is 1. The Bertz CT molecular complexity index is 557. The number of unbranched alkanes of at least 4 members (excludes halogenated alkanes) is 1. The number of nitrogens with zero attached hydrogens (tertiary/aromatic N) is 1. The summed E-state index contributed by atoms with van der Waals surface area (Å²) >= 11 is 0. The zero-order chi connectivity index (χ0) is 18.8. The molecule has 1 heterocycles. The zero-order valence-corrected chi connectivity index (χ0v) is 15.9. The van der Waals surface area contributed by atoms with Crippen LogP contribution in [-0.2, 0) is 14.3 Å². The van der Waals surface area contributed by atoms with Gasteiger partial charge in [-0.1, -0.05) is 31.5 Å². The quantitative estimate of drug-likeness (QED) is 0.663. The highest BCUT2D eigenvalue weighted by Crippen LogP contribution is 2.12. The lowest BCUT2D eigenvalue weighted by molar-refractivity contribution is -0.133. The minimum Gasteiger partial charge on any atom is -0.369 e. The number of likely N-dealkylation sites (tertiary alicyclic amines) is 1. The van der Waals surface area contributed by atoms with Gasteiger partial charge in [0, 0.05) is 31.4 Å². The molecule has 6 heteroatoms. The first kappa shape index (κ1) is 20.4. The summed E-state index contributed by atoms with van der Waals surface area (Å²) in [7, 11) is 0. The predicted octanol–water partition coefficient (Wildman–Crippen LogP) is 2.41. The SMILES string of the molecule is CCCCOC(C)C(=O)NC1CCN(CC(=O)Nc2ccccc2)CC1. The molecule has 1 unspecified atom stereocenters. The lowest BCUT2D eigenvalue weighted by Gasteiger charge is -2.32. The summed E-state index contributed by atoms with van der Waals surface area (Å²) in [6.07, 6.45) is 3.33. The van der Waals surface area contributed by atoms with Gasteiger partial charge in [0.15, 0.2) is 0 Å². The van der Waals surface area contributed by atoms with Crippen molar-refractivity contribution in [3.8, 4) is 0 Å². The number of carbonyl (C=O) groups excluding carboxylic acids is 2. The van der Waals surface area contributed by atoms with E-state index in [4.69, 9.17) is 4.74 Å². The minimum absolute atomic E-state index is 0.00312. The van der Waals surface area contributed by atoms with E-state index in [1.807, 2.05) is 30.3 Å². The van der Waals surface area contributed by atoms with Gasteiger partial charge in [-0.2, -0.15) is 0 Å². The average Bonchev–Trinajstić information content (AvgIpc) is 2.64. The van der Waals surface area contributed by atoms with Crippen LogP contribution in [0.5, 0.6) is 0 Å². The van der Waals surface area contributed by atoms with Crippen LogP contribution >= 0.6 is 0 Å². The van der Waals surface area contributed by atoms with Crippen LogP contribution in [0.25, 0.3) is 0 Å². The van der Waals surface area contributed by atoms with Gasteiger partial charge < -0.3 is 15.4 Å². The molecule has 1 saturated heterocycles. The molecule has 2 N–H and O–H groups in total. The number of benzene rings is 1. The first-order chi connectivity index (χ1) is 12.6. The van der Waals surface area contributed by atoms with Crippen LogP contribution < -0.4 is 10.6 Å². The monoisotopic (exact) mass is 361 g/mol. The van der Waals surface area contributed by atoms with Crippen molar-refractivity contribution in [3.63, 3.8) is 0 Å². The Hall–Kier alpha value is -1.92. The third-order valence-electron chi connectivity index (χ3n) is 4.59. The molecule has 1 aliphatic rings. The standard InChI is InChI=1S/C20H31N3O3/c1-3-4-14-26-16(2)20(25)22-18-10-12-23(13-11-18)15-19(24)21-17-8-6-5-7-9-17/h5-9,16,18H,3-4,10-15H2,1-2H3,(H,21,24)(H,22,25). The lowest BCUT2D eigenvalue weighted by Crippen LogP contribution is -2.48. The van der Waals surface area contributed by atoms with Gasteiger partial charge in [0.1, 0.15) is 6.10 Å². The summed E-state index contributed by atoms with van der Waals surface area (Å²) in [6.45, 7) is 6.51. The molecule has 0 saturated carbocycles. The lowest BCUT2D eigenvalue weighted by atomic mass is 10.0. The maximum absolute atomic E-state index is 12.2. The number of para-hydroxylation sites is 1. The second kappa shape index (κ2) is 10.9. The smallest absolute Gasteiger partial charge is 0.249 e. The van der Waals surface area contributed by atoms with E-state index in [-0.39, 0.29) is 17.9 Å². The van der Waals surface area contributed by atoms with E-state index in [9.17, 15) is 9.59 Å². The Morgan fingerprint density at radius 2 is 1.92 bits per heavy atom. The fourth-order valence-electron chi connectivity index (χ4n) is 2.96. The summed E-state index contributed by atoms with van der Waals surface area (Å²) in [6, 6.07) is 9.64. The third-order valence-corrected chi connectivity index (χ3v) is 4.59. The maximum Gasteiger partial charge on any atom is 0.249 e.